The molecule has 0 heterocycles. The van der Waals surface area contributed by atoms with E-state index in [1.54, 1.807) is 11.1 Å². The van der Waals surface area contributed by atoms with Gasteiger partial charge in [-0.1, -0.05) is 50.5 Å². The van der Waals surface area contributed by atoms with E-state index < -0.39 is 0 Å². The zero-order valence-corrected chi connectivity index (χ0v) is 8.42. The summed E-state index contributed by atoms with van der Waals surface area (Å²) in [6.07, 6.45) is 6.90. The highest BCUT2D eigenvalue weighted by Crippen LogP contribution is 2.38. The van der Waals surface area contributed by atoms with Crippen molar-refractivity contribution in [1.82, 2.24) is 0 Å². The largest absolute Gasteiger partial charge is 0.0654 e. The Morgan fingerprint density at radius 3 is 2.85 bits per heavy atom. The van der Waals surface area contributed by atoms with Crippen molar-refractivity contribution >= 4 is 0 Å². The average Bonchev–Trinajstić information content (AvgIpc) is 2.13. The highest BCUT2D eigenvalue weighted by atomic mass is 14.3. The second-order valence-corrected chi connectivity index (χ2v) is 4.10. The fourth-order valence-corrected chi connectivity index (χ4v) is 2.26. The second kappa shape index (κ2) is 3.95. The van der Waals surface area contributed by atoms with Crippen LogP contribution in [0.15, 0.2) is 24.3 Å². The minimum absolute atomic E-state index is 0.891. The van der Waals surface area contributed by atoms with Gasteiger partial charge in [-0.3, -0.25) is 0 Å². The Morgan fingerprint density at radius 1 is 1.23 bits per heavy atom. The standard InChI is InChI=1S/C13H18/c1-2-3-4-7-11-10-12-8-5-6-9-13(11)12/h5-6,8-9,11H,2-4,7,10H2,1H3. The van der Waals surface area contributed by atoms with Gasteiger partial charge < -0.3 is 0 Å². The summed E-state index contributed by atoms with van der Waals surface area (Å²) < 4.78 is 0. The lowest BCUT2D eigenvalue weighted by Gasteiger charge is -2.30. The number of fused-ring (bicyclic) bond motifs is 1. The summed E-state index contributed by atoms with van der Waals surface area (Å²) in [5.41, 5.74) is 3.21. The van der Waals surface area contributed by atoms with Gasteiger partial charge in [-0.25, -0.2) is 0 Å². The summed E-state index contributed by atoms with van der Waals surface area (Å²) in [6, 6.07) is 8.90. The first-order chi connectivity index (χ1) is 6.42. The van der Waals surface area contributed by atoms with Gasteiger partial charge in [-0.2, -0.15) is 0 Å². The quantitative estimate of drug-likeness (QED) is 0.607. The lowest BCUT2D eigenvalue weighted by atomic mass is 9.75. The maximum atomic E-state index is 2.30. The van der Waals surface area contributed by atoms with E-state index in [-0.39, 0.29) is 0 Å². The Balaban J connectivity index is 1.87. The molecule has 1 aromatic carbocycles. The minimum atomic E-state index is 0.891. The molecule has 0 aromatic heterocycles. The molecule has 0 heteroatoms. The zero-order valence-electron chi connectivity index (χ0n) is 8.42. The topological polar surface area (TPSA) is 0 Å². The van der Waals surface area contributed by atoms with Crippen molar-refractivity contribution in [3.63, 3.8) is 0 Å². The van der Waals surface area contributed by atoms with E-state index in [0.717, 1.165) is 5.92 Å². The van der Waals surface area contributed by atoms with E-state index in [4.69, 9.17) is 0 Å². The van der Waals surface area contributed by atoms with Gasteiger partial charge in [0.1, 0.15) is 0 Å². The van der Waals surface area contributed by atoms with Crippen LogP contribution in [0.3, 0.4) is 0 Å². The first kappa shape index (κ1) is 8.80. The van der Waals surface area contributed by atoms with Crippen LogP contribution in [0.2, 0.25) is 0 Å². The second-order valence-electron chi connectivity index (χ2n) is 4.10. The summed E-state index contributed by atoms with van der Waals surface area (Å²) in [5, 5.41) is 0. The number of hydrogen-bond donors (Lipinski definition) is 0. The first-order valence-corrected chi connectivity index (χ1v) is 5.49. The van der Waals surface area contributed by atoms with Gasteiger partial charge in [0.15, 0.2) is 0 Å². The van der Waals surface area contributed by atoms with E-state index in [1.165, 1.54) is 32.1 Å². The minimum Gasteiger partial charge on any atom is -0.0654 e. The molecule has 1 aliphatic carbocycles. The van der Waals surface area contributed by atoms with Crippen molar-refractivity contribution in [3.8, 4) is 0 Å². The van der Waals surface area contributed by atoms with Crippen LogP contribution >= 0.6 is 0 Å². The van der Waals surface area contributed by atoms with Crippen molar-refractivity contribution in [2.75, 3.05) is 0 Å². The van der Waals surface area contributed by atoms with Crippen LogP contribution in [0, 0.1) is 0 Å². The van der Waals surface area contributed by atoms with Crippen LogP contribution in [-0.2, 0) is 6.42 Å². The summed E-state index contributed by atoms with van der Waals surface area (Å²) in [5.74, 6) is 0.891. The SMILES string of the molecule is CCCCCC1Cc2ccccc21. The summed E-state index contributed by atoms with van der Waals surface area (Å²) in [7, 11) is 0. The Morgan fingerprint density at radius 2 is 2.08 bits per heavy atom. The molecule has 13 heavy (non-hydrogen) atoms. The third-order valence-corrected chi connectivity index (χ3v) is 3.12. The van der Waals surface area contributed by atoms with Crippen LogP contribution in [-0.4, -0.2) is 0 Å². The molecule has 0 amide bonds. The molecule has 0 saturated heterocycles. The van der Waals surface area contributed by atoms with Gasteiger partial charge in [0.05, 0.1) is 0 Å². The van der Waals surface area contributed by atoms with Crippen molar-refractivity contribution in [3.05, 3.63) is 35.4 Å². The highest BCUT2D eigenvalue weighted by molar-refractivity contribution is 5.39. The molecular weight excluding hydrogens is 156 g/mol. The van der Waals surface area contributed by atoms with E-state index in [2.05, 4.69) is 31.2 Å². The van der Waals surface area contributed by atoms with Gasteiger partial charge >= 0.3 is 0 Å². The fraction of sp³-hybridized carbons (Fsp3) is 0.538. The predicted octanol–water partition coefficient (Wildman–Crippen LogP) is 3.91. The molecule has 1 aliphatic rings. The van der Waals surface area contributed by atoms with E-state index in [9.17, 15) is 0 Å². The van der Waals surface area contributed by atoms with Crippen molar-refractivity contribution in [2.45, 2.75) is 44.9 Å². The molecule has 0 spiro atoms. The number of hydrogen-bond acceptors (Lipinski definition) is 0. The monoisotopic (exact) mass is 174 g/mol. The smallest absolute Gasteiger partial charge is 0.0119 e. The van der Waals surface area contributed by atoms with Gasteiger partial charge in [0.2, 0.25) is 0 Å². The Labute approximate surface area is 81.0 Å². The van der Waals surface area contributed by atoms with Gasteiger partial charge in [0.25, 0.3) is 0 Å². The molecular formula is C13H18. The average molecular weight is 174 g/mol. The van der Waals surface area contributed by atoms with Crippen LogP contribution < -0.4 is 0 Å². The van der Waals surface area contributed by atoms with Crippen LogP contribution in [0.25, 0.3) is 0 Å². The lowest BCUT2D eigenvalue weighted by molar-refractivity contribution is 0.520. The third kappa shape index (κ3) is 1.77. The molecule has 0 saturated carbocycles. The van der Waals surface area contributed by atoms with Gasteiger partial charge in [-0.15, -0.1) is 0 Å². The molecule has 1 aromatic rings. The number of benzene rings is 1. The Bertz CT molecular complexity index is 275. The third-order valence-electron chi connectivity index (χ3n) is 3.12. The summed E-state index contributed by atoms with van der Waals surface area (Å²) in [6.45, 7) is 2.27. The molecule has 0 radical (unpaired) electrons. The highest BCUT2D eigenvalue weighted by Gasteiger charge is 2.24. The van der Waals surface area contributed by atoms with E-state index in [1.807, 2.05) is 0 Å². The lowest BCUT2D eigenvalue weighted by Crippen LogP contribution is -2.16. The zero-order chi connectivity index (χ0) is 9.10. The maximum absolute atomic E-state index is 2.30. The van der Waals surface area contributed by atoms with Crippen molar-refractivity contribution < 1.29 is 0 Å². The maximum Gasteiger partial charge on any atom is -0.0119 e. The molecule has 0 bridgehead atoms. The Hall–Kier alpha value is -0.780. The molecule has 70 valence electrons. The van der Waals surface area contributed by atoms with E-state index >= 15 is 0 Å². The normalized spacial score (nSPS) is 19.3. The van der Waals surface area contributed by atoms with Crippen LogP contribution in [0.4, 0.5) is 0 Å². The summed E-state index contributed by atoms with van der Waals surface area (Å²) in [4.78, 5) is 0. The molecule has 1 unspecified atom stereocenters. The van der Waals surface area contributed by atoms with Crippen molar-refractivity contribution in [2.24, 2.45) is 0 Å². The number of unbranched alkanes of at least 4 members (excludes halogenated alkanes) is 2. The molecule has 0 N–H and O–H groups in total. The first-order valence-electron chi connectivity index (χ1n) is 5.49. The molecule has 0 fully saturated rings. The van der Waals surface area contributed by atoms with Crippen LogP contribution in [0.5, 0.6) is 0 Å². The van der Waals surface area contributed by atoms with E-state index in [0.29, 0.717) is 0 Å². The van der Waals surface area contributed by atoms with Gasteiger partial charge in [-0.05, 0) is 29.9 Å². The van der Waals surface area contributed by atoms with Crippen LogP contribution in [0.1, 0.15) is 49.7 Å². The molecule has 0 nitrogen and oxygen atoms in total. The number of rotatable bonds is 4. The Kier molecular flexibility index (Phi) is 2.68. The predicted molar refractivity (Wildman–Crippen MR) is 57.0 cm³/mol. The fourth-order valence-electron chi connectivity index (χ4n) is 2.26. The molecule has 0 aliphatic heterocycles. The molecule has 2 rings (SSSR count). The van der Waals surface area contributed by atoms with Gasteiger partial charge in [0, 0.05) is 0 Å². The summed E-state index contributed by atoms with van der Waals surface area (Å²) >= 11 is 0. The molecule has 1 atom stereocenters. The van der Waals surface area contributed by atoms with Crippen molar-refractivity contribution in [1.29, 1.82) is 0 Å².